The average molecular weight is 300 g/mol. The van der Waals surface area contributed by atoms with Gasteiger partial charge < -0.3 is 5.73 Å². The van der Waals surface area contributed by atoms with Crippen molar-refractivity contribution in [2.45, 2.75) is 25.8 Å². The molecule has 0 aliphatic rings. The van der Waals surface area contributed by atoms with Gasteiger partial charge in [0.05, 0.1) is 0 Å². The molecule has 1 atom stereocenters. The van der Waals surface area contributed by atoms with E-state index in [1.54, 1.807) is 17.4 Å². The van der Waals surface area contributed by atoms with Gasteiger partial charge in [0.2, 0.25) is 0 Å². The van der Waals surface area contributed by atoms with Crippen molar-refractivity contribution in [2.24, 2.45) is 5.73 Å². The van der Waals surface area contributed by atoms with Crippen molar-refractivity contribution in [3.8, 4) is 0 Å². The third kappa shape index (κ3) is 3.07. The minimum Gasteiger partial charge on any atom is -0.323 e. The van der Waals surface area contributed by atoms with E-state index in [0.29, 0.717) is 11.4 Å². The zero-order valence-corrected chi connectivity index (χ0v) is 12.4. The Morgan fingerprint density at radius 3 is 2.72 bits per heavy atom. The van der Waals surface area contributed by atoms with E-state index in [0.717, 1.165) is 17.0 Å². The maximum absolute atomic E-state index is 6.28. The van der Waals surface area contributed by atoms with Gasteiger partial charge in [0.15, 0.2) is 0 Å². The number of thiophene rings is 1. The molecule has 0 saturated carbocycles. The molecule has 1 unspecified atom stereocenters. The first-order valence-electron chi connectivity index (χ1n) is 5.87. The van der Waals surface area contributed by atoms with Gasteiger partial charge in [-0.25, -0.2) is 0 Å². The van der Waals surface area contributed by atoms with Crippen LogP contribution in [0.4, 0.5) is 0 Å². The average Bonchev–Trinajstić information content (AvgIpc) is 2.82. The number of nitrogens with two attached hydrogens (primary N) is 1. The van der Waals surface area contributed by atoms with Crippen LogP contribution in [0.1, 0.15) is 29.0 Å². The molecule has 0 aliphatic heterocycles. The Bertz CT molecular complexity index is 536. The molecule has 0 bridgehead atoms. The highest BCUT2D eigenvalue weighted by Crippen LogP contribution is 2.29. The predicted octanol–water partition coefficient (Wildman–Crippen LogP) is 4.86. The highest BCUT2D eigenvalue weighted by molar-refractivity contribution is 7.10. The van der Waals surface area contributed by atoms with Crippen molar-refractivity contribution in [1.29, 1.82) is 0 Å². The molecule has 0 radical (unpaired) electrons. The second-order valence-electron chi connectivity index (χ2n) is 4.21. The predicted molar refractivity (Wildman–Crippen MR) is 80.8 cm³/mol. The summed E-state index contributed by atoms with van der Waals surface area (Å²) in [5, 5.41) is 3.51. The van der Waals surface area contributed by atoms with Gasteiger partial charge in [-0.15, -0.1) is 11.3 Å². The minimum absolute atomic E-state index is 0.0177. The Kier molecular flexibility index (Phi) is 4.68. The molecule has 2 rings (SSSR count). The summed E-state index contributed by atoms with van der Waals surface area (Å²) in [7, 11) is 0. The van der Waals surface area contributed by atoms with Gasteiger partial charge in [-0.05, 0) is 53.6 Å². The zero-order valence-electron chi connectivity index (χ0n) is 10.1. The van der Waals surface area contributed by atoms with Gasteiger partial charge in [0.1, 0.15) is 0 Å². The van der Waals surface area contributed by atoms with Crippen molar-refractivity contribution in [3.63, 3.8) is 0 Å². The lowest BCUT2D eigenvalue weighted by Crippen LogP contribution is -2.13. The molecule has 0 saturated heterocycles. The molecule has 0 aliphatic carbocycles. The summed E-state index contributed by atoms with van der Waals surface area (Å²) < 4.78 is 0. The first kappa shape index (κ1) is 13.9. The molecule has 2 N–H and O–H groups in total. The maximum Gasteiger partial charge on any atom is 0.0439 e. The zero-order chi connectivity index (χ0) is 13.1. The van der Waals surface area contributed by atoms with E-state index in [1.165, 1.54) is 10.4 Å². The molecular formula is C14H15Cl2NS. The van der Waals surface area contributed by atoms with Crippen molar-refractivity contribution >= 4 is 34.5 Å². The van der Waals surface area contributed by atoms with Crippen LogP contribution in [0.2, 0.25) is 10.0 Å². The topological polar surface area (TPSA) is 26.0 Å². The molecule has 18 heavy (non-hydrogen) atoms. The van der Waals surface area contributed by atoms with Crippen LogP contribution >= 0.6 is 34.5 Å². The minimum atomic E-state index is -0.0177. The van der Waals surface area contributed by atoms with Crippen LogP contribution in [-0.4, -0.2) is 0 Å². The van der Waals surface area contributed by atoms with Crippen molar-refractivity contribution in [2.75, 3.05) is 0 Å². The summed E-state index contributed by atoms with van der Waals surface area (Å²) in [5.74, 6) is 0. The van der Waals surface area contributed by atoms with E-state index in [2.05, 4.69) is 18.4 Å². The van der Waals surface area contributed by atoms with E-state index >= 15 is 0 Å². The monoisotopic (exact) mass is 299 g/mol. The Balaban J connectivity index is 2.21. The quantitative estimate of drug-likeness (QED) is 0.857. The van der Waals surface area contributed by atoms with E-state index in [4.69, 9.17) is 28.9 Å². The van der Waals surface area contributed by atoms with E-state index in [1.807, 2.05) is 12.1 Å². The number of halogens is 2. The fraction of sp³-hybridized carbons (Fsp3) is 0.286. The van der Waals surface area contributed by atoms with Crippen LogP contribution in [0, 0.1) is 0 Å². The van der Waals surface area contributed by atoms with Crippen LogP contribution in [0.15, 0.2) is 29.6 Å². The highest BCUT2D eigenvalue weighted by atomic mass is 35.5. The van der Waals surface area contributed by atoms with Gasteiger partial charge in [-0.3, -0.25) is 0 Å². The van der Waals surface area contributed by atoms with Crippen LogP contribution in [0.5, 0.6) is 0 Å². The summed E-state index contributed by atoms with van der Waals surface area (Å²) in [6.45, 7) is 2.14. The largest absolute Gasteiger partial charge is 0.323 e. The lowest BCUT2D eigenvalue weighted by Gasteiger charge is -2.13. The van der Waals surface area contributed by atoms with Crippen LogP contribution in [-0.2, 0) is 12.8 Å². The van der Waals surface area contributed by atoms with Crippen molar-refractivity contribution < 1.29 is 0 Å². The number of benzene rings is 1. The fourth-order valence-electron chi connectivity index (χ4n) is 1.99. The second-order valence-corrected chi connectivity index (χ2v) is 6.00. The Morgan fingerprint density at radius 2 is 2.00 bits per heavy atom. The Labute approximate surface area is 122 Å². The normalized spacial score (nSPS) is 12.7. The molecule has 0 amide bonds. The van der Waals surface area contributed by atoms with Crippen LogP contribution in [0.3, 0.4) is 0 Å². The lowest BCUT2D eigenvalue weighted by molar-refractivity contribution is 0.728. The standard InChI is InChI=1S/C14H15Cl2NS/c1-2-9-5-6-18-14(9)13(17)8-10-7-11(15)3-4-12(10)16/h3-7,13H,2,8,17H2,1H3. The number of rotatable bonds is 4. The van der Waals surface area contributed by atoms with Crippen molar-refractivity contribution in [3.05, 3.63) is 55.7 Å². The molecule has 1 aromatic carbocycles. The fourth-order valence-corrected chi connectivity index (χ4v) is 3.38. The van der Waals surface area contributed by atoms with Gasteiger partial charge in [-0.2, -0.15) is 0 Å². The first-order chi connectivity index (χ1) is 8.61. The van der Waals surface area contributed by atoms with Crippen molar-refractivity contribution in [1.82, 2.24) is 0 Å². The smallest absolute Gasteiger partial charge is 0.0439 e. The third-order valence-electron chi connectivity index (χ3n) is 2.95. The third-order valence-corrected chi connectivity index (χ3v) is 4.64. The number of hydrogen-bond acceptors (Lipinski definition) is 2. The molecule has 96 valence electrons. The summed E-state index contributed by atoms with van der Waals surface area (Å²) in [4.78, 5) is 1.24. The SMILES string of the molecule is CCc1ccsc1C(N)Cc1cc(Cl)ccc1Cl. The molecule has 4 heteroatoms. The highest BCUT2D eigenvalue weighted by Gasteiger charge is 2.14. The van der Waals surface area contributed by atoms with E-state index in [9.17, 15) is 0 Å². The Morgan fingerprint density at radius 1 is 1.22 bits per heavy atom. The van der Waals surface area contributed by atoms with E-state index in [-0.39, 0.29) is 6.04 Å². The summed E-state index contributed by atoms with van der Waals surface area (Å²) in [5.41, 5.74) is 8.61. The summed E-state index contributed by atoms with van der Waals surface area (Å²) in [6, 6.07) is 7.63. The molecule has 1 aromatic heterocycles. The second kappa shape index (κ2) is 6.07. The van der Waals surface area contributed by atoms with Gasteiger partial charge in [0.25, 0.3) is 0 Å². The van der Waals surface area contributed by atoms with Crippen LogP contribution < -0.4 is 5.73 Å². The number of hydrogen-bond donors (Lipinski definition) is 1. The molecule has 0 spiro atoms. The molecule has 1 nitrogen and oxygen atoms in total. The Hall–Kier alpha value is -0.540. The van der Waals surface area contributed by atoms with Gasteiger partial charge in [-0.1, -0.05) is 30.1 Å². The summed E-state index contributed by atoms with van der Waals surface area (Å²) in [6.07, 6.45) is 1.72. The first-order valence-corrected chi connectivity index (χ1v) is 7.51. The van der Waals surface area contributed by atoms with Crippen LogP contribution in [0.25, 0.3) is 0 Å². The lowest BCUT2D eigenvalue weighted by atomic mass is 10.0. The molecule has 2 aromatic rings. The van der Waals surface area contributed by atoms with E-state index < -0.39 is 0 Å². The van der Waals surface area contributed by atoms with Gasteiger partial charge in [0, 0.05) is 21.0 Å². The molecule has 0 fully saturated rings. The molecular weight excluding hydrogens is 285 g/mol. The molecule has 1 heterocycles. The maximum atomic E-state index is 6.28. The summed E-state index contributed by atoms with van der Waals surface area (Å²) >= 11 is 13.9. The van der Waals surface area contributed by atoms with Gasteiger partial charge >= 0.3 is 0 Å². The number of aryl methyl sites for hydroxylation is 1.